The first kappa shape index (κ1) is 20.0. The van der Waals surface area contributed by atoms with E-state index in [2.05, 4.69) is 10.3 Å². The van der Waals surface area contributed by atoms with Crippen LogP contribution in [0.4, 0.5) is 5.69 Å². The van der Waals surface area contributed by atoms with Crippen molar-refractivity contribution in [1.82, 2.24) is 14.9 Å². The number of benzene rings is 2. The average molecular weight is 401 g/mol. The average Bonchev–Trinajstić information content (AvgIpc) is 3.29. The van der Waals surface area contributed by atoms with Gasteiger partial charge in [-0.05, 0) is 55.2 Å². The molecule has 1 amide bonds. The minimum atomic E-state index is -0.137. The first-order chi connectivity index (χ1) is 13.1. The van der Waals surface area contributed by atoms with E-state index < -0.39 is 0 Å². The van der Waals surface area contributed by atoms with Crippen molar-refractivity contribution >= 4 is 35.0 Å². The van der Waals surface area contributed by atoms with Gasteiger partial charge in [-0.1, -0.05) is 25.0 Å². The molecule has 7 heteroatoms. The van der Waals surface area contributed by atoms with Crippen LogP contribution in [-0.2, 0) is 6.42 Å². The third kappa shape index (κ3) is 4.07. The minimum Gasteiger partial charge on any atom is -0.399 e. The first-order valence-electron chi connectivity index (χ1n) is 9.49. The van der Waals surface area contributed by atoms with Gasteiger partial charge in [0.05, 0.1) is 11.0 Å². The van der Waals surface area contributed by atoms with E-state index in [1.807, 2.05) is 34.9 Å². The number of aromatic nitrogens is 2. The highest BCUT2D eigenvalue weighted by molar-refractivity contribution is 5.97. The second kappa shape index (κ2) is 8.52. The number of carbonyl (C=O) groups excluding carboxylic acids is 1. The van der Waals surface area contributed by atoms with Gasteiger partial charge in [0.25, 0.3) is 5.91 Å². The van der Waals surface area contributed by atoms with Crippen molar-refractivity contribution in [3.05, 3.63) is 64.1 Å². The highest BCUT2D eigenvalue weighted by Crippen LogP contribution is 2.30. The molecule has 1 aliphatic rings. The number of nitrogen functional groups attached to an aromatic ring is 1. The summed E-state index contributed by atoms with van der Waals surface area (Å²) < 4.78 is 1.85. The van der Waals surface area contributed by atoms with Crippen molar-refractivity contribution in [2.45, 2.75) is 38.1 Å². The Bertz CT molecular complexity index is 1020. The quantitative estimate of drug-likeness (QED) is 0.573. The largest absolute Gasteiger partial charge is 0.399 e. The number of rotatable bonds is 5. The van der Waals surface area contributed by atoms with E-state index in [9.17, 15) is 9.59 Å². The van der Waals surface area contributed by atoms with Gasteiger partial charge in [0.1, 0.15) is 0 Å². The molecule has 1 fully saturated rings. The maximum atomic E-state index is 12.5. The Morgan fingerprint density at radius 3 is 2.57 bits per heavy atom. The number of nitrogens with zero attached hydrogens (tertiary/aromatic N) is 1. The van der Waals surface area contributed by atoms with Gasteiger partial charge in [-0.2, -0.15) is 0 Å². The predicted molar refractivity (Wildman–Crippen MR) is 114 cm³/mol. The van der Waals surface area contributed by atoms with Crippen LogP contribution >= 0.6 is 12.4 Å². The Hall–Kier alpha value is -2.73. The summed E-state index contributed by atoms with van der Waals surface area (Å²) in [5.41, 5.74) is 9.60. The molecule has 0 bridgehead atoms. The smallest absolute Gasteiger partial charge is 0.326 e. The van der Waals surface area contributed by atoms with Crippen LogP contribution < -0.4 is 16.7 Å². The number of hydrogen-bond acceptors (Lipinski definition) is 3. The number of nitrogens with one attached hydrogen (secondary N) is 2. The number of imidazole rings is 1. The molecule has 1 saturated carbocycles. The van der Waals surface area contributed by atoms with Crippen LogP contribution in [0.15, 0.2) is 47.3 Å². The molecule has 1 aromatic heterocycles. The summed E-state index contributed by atoms with van der Waals surface area (Å²) in [6, 6.07) is 13.3. The molecule has 4 N–H and O–H groups in total. The summed E-state index contributed by atoms with van der Waals surface area (Å²) in [6.07, 6.45) is 5.15. The van der Waals surface area contributed by atoms with Crippen LogP contribution in [0.25, 0.3) is 11.0 Å². The second-order valence-corrected chi connectivity index (χ2v) is 7.22. The molecule has 4 rings (SSSR count). The van der Waals surface area contributed by atoms with Crippen molar-refractivity contribution in [1.29, 1.82) is 0 Å². The number of fused-ring (bicyclic) bond motifs is 1. The zero-order chi connectivity index (χ0) is 18.8. The van der Waals surface area contributed by atoms with E-state index in [4.69, 9.17) is 5.73 Å². The number of anilines is 1. The van der Waals surface area contributed by atoms with Crippen molar-refractivity contribution in [3.63, 3.8) is 0 Å². The lowest BCUT2D eigenvalue weighted by Crippen LogP contribution is -2.25. The number of carbonyl (C=O) groups is 1. The minimum absolute atomic E-state index is 0. The third-order valence-electron chi connectivity index (χ3n) is 5.35. The summed E-state index contributed by atoms with van der Waals surface area (Å²) in [5.74, 6) is -0.137. The third-order valence-corrected chi connectivity index (χ3v) is 5.35. The van der Waals surface area contributed by atoms with Crippen molar-refractivity contribution in [2.24, 2.45) is 0 Å². The number of amides is 1. The molecule has 0 atom stereocenters. The molecule has 1 aliphatic carbocycles. The summed E-state index contributed by atoms with van der Waals surface area (Å²) in [6.45, 7) is 0.542. The Labute approximate surface area is 169 Å². The molecular weight excluding hydrogens is 376 g/mol. The Morgan fingerprint density at radius 1 is 1.14 bits per heavy atom. The topological polar surface area (TPSA) is 92.9 Å². The summed E-state index contributed by atoms with van der Waals surface area (Å²) >= 11 is 0. The molecule has 3 aromatic rings. The SMILES string of the molecule is Cl.Nc1ccc(CCNC(=O)c2ccc3c(c2)[nH]c(=O)n3C2CCCC2)cc1. The summed E-state index contributed by atoms with van der Waals surface area (Å²) in [4.78, 5) is 27.7. The number of nitrogens with two attached hydrogens (primary N) is 1. The summed E-state index contributed by atoms with van der Waals surface area (Å²) in [5, 5.41) is 2.93. The van der Waals surface area contributed by atoms with E-state index in [1.54, 1.807) is 12.1 Å². The van der Waals surface area contributed by atoms with Crippen molar-refractivity contribution in [2.75, 3.05) is 12.3 Å². The van der Waals surface area contributed by atoms with Crippen LogP contribution in [0, 0.1) is 0 Å². The monoisotopic (exact) mass is 400 g/mol. The van der Waals surface area contributed by atoms with Crippen LogP contribution in [0.1, 0.15) is 47.6 Å². The van der Waals surface area contributed by atoms with E-state index in [1.165, 1.54) is 0 Å². The van der Waals surface area contributed by atoms with Crippen LogP contribution in [0.5, 0.6) is 0 Å². The van der Waals surface area contributed by atoms with Gasteiger partial charge in [0.2, 0.25) is 0 Å². The van der Waals surface area contributed by atoms with Crippen LogP contribution in [0.2, 0.25) is 0 Å². The maximum Gasteiger partial charge on any atom is 0.326 e. The Kier molecular flexibility index (Phi) is 6.09. The zero-order valence-corrected chi connectivity index (χ0v) is 16.4. The highest BCUT2D eigenvalue weighted by Gasteiger charge is 2.21. The zero-order valence-electron chi connectivity index (χ0n) is 15.6. The lowest BCUT2D eigenvalue weighted by atomic mass is 10.1. The molecule has 0 aliphatic heterocycles. The number of halogens is 1. The summed E-state index contributed by atoms with van der Waals surface area (Å²) in [7, 11) is 0. The highest BCUT2D eigenvalue weighted by atomic mass is 35.5. The number of aromatic amines is 1. The van der Waals surface area contributed by atoms with E-state index in [0.717, 1.165) is 54.4 Å². The van der Waals surface area contributed by atoms with Crippen molar-refractivity contribution < 1.29 is 4.79 Å². The van der Waals surface area contributed by atoms with E-state index >= 15 is 0 Å². The molecule has 1 heterocycles. The fourth-order valence-electron chi connectivity index (χ4n) is 3.90. The van der Waals surface area contributed by atoms with Gasteiger partial charge in [0, 0.05) is 23.8 Å². The Morgan fingerprint density at radius 2 is 1.86 bits per heavy atom. The normalized spacial score (nSPS) is 14.1. The van der Waals surface area contributed by atoms with Gasteiger partial charge in [-0.3, -0.25) is 9.36 Å². The molecule has 28 heavy (non-hydrogen) atoms. The first-order valence-corrected chi connectivity index (χ1v) is 9.49. The fourth-order valence-corrected chi connectivity index (χ4v) is 3.90. The maximum absolute atomic E-state index is 12.5. The van der Waals surface area contributed by atoms with Crippen molar-refractivity contribution in [3.8, 4) is 0 Å². The van der Waals surface area contributed by atoms with Gasteiger partial charge >= 0.3 is 5.69 Å². The molecular formula is C21H25ClN4O2. The number of hydrogen-bond donors (Lipinski definition) is 3. The van der Waals surface area contributed by atoms with Crippen LogP contribution in [-0.4, -0.2) is 22.0 Å². The van der Waals surface area contributed by atoms with Gasteiger partial charge in [0.15, 0.2) is 0 Å². The molecule has 0 radical (unpaired) electrons. The van der Waals surface area contributed by atoms with Crippen LogP contribution in [0.3, 0.4) is 0 Å². The van der Waals surface area contributed by atoms with Gasteiger partial charge < -0.3 is 16.0 Å². The molecule has 0 saturated heterocycles. The lowest BCUT2D eigenvalue weighted by molar-refractivity contribution is 0.0954. The standard InChI is InChI=1S/C21H24N4O2.ClH/c22-16-8-5-14(6-9-16)11-12-23-20(26)15-7-10-19-18(13-15)24-21(27)25(19)17-3-1-2-4-17;/h5-10,13,17H,1-4,11-12,22H2,(H,23,26)(H,24,27);1H. The molecule has 0 spiro atoms. The van der Waals surface area contributed by atoms with Gasteiger partial charge in [-0.15, -0.1) is 12.4 Å². The lowest BCUT2D eigenvalue weighted by Gasteiger charge is -2.11. The molecule has 6 nitrogen and oxygen atoms in total. The predicted octanol–water partition coefficient (Wildman–Crippen LogP) is 3.42. The molecule has 148 valence electrons. The van der Waals surface area contributed by atoms with Gasteiger partial charge in [-0.25, -0.2) is 4.79 Å². The number of H-pyrrole nitrogens is 1. The second-order valence-electron chi connectivity index (χ2n) is 7.22. The van der Waals surface area contributed by atoms with E-state index in [-0.39, 0.29) is 30.0 Å². The molecule has 2 aromatic carbocycles. The Balaban J connectivity index is 0.00000225. The van der Waals surface area contributed by atoms with E-state index in [0.29, 0.717) is 12.1 Å². The molecule has 0 unspecified atom stereocenters. The fraction of sp³-hybridized carbons (Fsp3) is 0.333.